The first kappa shape index (κ1) is 20.4. The number of halogens is 4. The van der Waals surface area contributed by atoms with Gasteiger partial charge in [0.2, 0.25) is 5.88 Å². The van der Waals surface area contributed by atoms with Crippen LogP contribution in [-0.4, -0.2) is 34.4 Å². The van der Waals surface area contributed by atoms with Crippen LogP contribution in [-0.2, 0) is 24.1 Å². The second-order valence-corrected chi connectivity index (χ2v) is 7.66. The number of fused-ring (bicyclic) bond motifs is 4. The van der Waals surface area contributed by atoms with Crippen molar-refractivity contribution in [1.29, 1.82) is 0 Å². The van der Waals surface area contributed by atoms with Crippen LogP contribution in [0.25, 0.3) is 10.9 Å². The van der Waals surface area contributed by atoms with E-state index in [2.05, 4.69) is 9.97 Å². The smallest absolute Gasteiger partial charge is 0.417 e. The molecule has 32 heavy (non-hydrogen) atoms. The minimum atomic E-state index is -4.60. The highest BCUT2D eigenvalue weighted by Crippen LogP contribution is 2.39. The summed E-state index contributed by atoms with van der Waals surface area (Å²) in [5.41, 5.74) is 6.55. The van der Waals surface area contributed by atoms with Gasteiger partial charge in [-0.15, -0.1) is 0 Å². The molecular formula is C21H16F4N4O3. The molecule has 0 spiro atoms. The fourth-order valence-corrected chi connectivity index (χ4v) is 4.04. The van der Waals surface area contributed by atoms with Crippen LogP contribution in [0.1, 0.15) is 38.7 Å². The lowest BCUT2D eigenvalue weighted by atomic mass is 10.0. The van der Waals surface area contributed by atoms with E-state index in [1.165, 1.54) is 13.1 Å². The van der Waals surface area contributed by atoms with Gasteiger partial charge in [0, 0.05) is 35.8 Å². The molecule has 0 radical (unpaired) electrons. The number of alkyl halides is 3. The van der Waals surface area contributed by atoms with Crippen molar-refractivity contribution in [3.05, 3.63) is 58.0 Å². The monoisotopic (exact) mass is 448 g/mol. The highest BCUT2D eigenvalue weighted by Gasteiger charge is 2.37. The highest BCUT2D eigenvalue weighted by molar-refractivity contribution is 5.99. The van der Waals surface area contributed by atoms with Gasteiger partial charge >= 0.3 is 6.18 Å². The minimum Gasteiger partial charge on any atom is -0.475 e. The van der Waals surface area contributed by atoms with Crippen LogP contribution >= 0.6 is 0 Å². The summed E-state index contributed by atoms with van der Waals surface area (Å²) in [7, 11) is 1.38. The van der Waals surface area contributed by atoms with Crippen molar-refractivity contribution in [1.82, 2.24) is 14.9 Å². The van der Waals surface area contributed by atoms with Crippen LogP contribution in [0.5, 0.6) is 5.88 Å². The fourth-order valence-electron chi connectivity index (χ4n) is 4.04. The summed E-state index contributed by atoms with van der Waals surface area (Å²) in [6.45, 7) is 0.432. The van der Waals surface area contributed by atoms with Crippen molar-refractivity contribution < 1.29 is 31.8 Å². The van der Waals surface area contributed by atoms with Crippen LogP contribution in [0.2, 0.25) is 0 Å². The van der Waals surface area contributed by atoms with E-state index in [9.17, 15) is 22.4 Å². The number of nitrogens with zero attached hydrogens (tertiary/aromatic N) is 3. The predicted molar refractivity (Wildman–Crippen MR) is 104 cm³/mol. The molecule has 2 aliphatic rings. The number of amides is 1. The Hall–Kier alpha value is -3.47. The molecular weight excluding hydrogens is 432 g/mol. The maximum atomic E-state index is 14.9. The van der Waals surface area contributed by atoms with E-state index in [1.807, 2.05) is 0 Å². The van der Waals surface area contributed by atoms with E-state index in [4.69, 9.17) is 15.2 Å². The lowest BCUT2D eigenvalue weighted by Crippen LogP contribution is -2.32. The molecule has 3 aromatic rings. The Morgan fingerprint density at radius 1 is 1.22 bits per heavy atom. The van der Waals surface area contributed by atoms with Crippen LogP contribution in [0.15, 0.2) is 24.4 Å². The lowest BCUT2D eigenvalue weighted by molar-refractivity contribution is -0.137. The first-order chi connectivity index (χ1) is 15.1. The number of nitrogens with two attached hydrogens (primary N) is 1. The normalized spacial score (nSPS) is 17.2. The molecule has 0 unspecified atom stereocenters. The average molecular weight is 448 g/mol. The largest absolute Gasteiger partial charge is 0.475 e. The number of rotatable bonds is 2. The first-order valence-corrected chi connectivity index (χ1v) is 9.60. The maximum absolute atomic E-state index is 14.9. The molecule has 0 saturated heterocycles. The SMILES string of the molecule is CN(C(=O)c1cc2c3c(c(N)nc2cc1F)COC3)[C@@H]1COc2ncc(C(F)(F)F)cc21. The van der Waals surface area contributed by atoms with Gasteiger partial charge in [0.15, 0.2) is 0 Å². The number of likely N-dealkylation sites (N-methyl/N-ethyl adjacent to an activating group) is 1. The van der Waals surface area contributed by atoms with Crippen LogP contribution in [0.4, 0.5) is 23.4 Å². The molecule has 1 atom stereocenters. The van der Waals surface area contributed by atoms with Crippen LogP contribution < -0.4 is 10.5 Å². The number of ether oxygens (including phenoxy) is 2. The van der Waals surface area contributed by atoms with Crippen molar-refractivity contribution in [3.8, 4) is 5.88 Å². The van der Waals surface area contributed by atoms with Crippen molar-refractivity contribution in [2.45, 2.75) is 25.4 Å². The van der Waals surface area contributed by atoms with Gasteiger partial charge in [0.1, 0.15) is 18.2 Å². The van der Waals surface area contributed by atoms with Crippen LogP contribution in [0.3, 0.4) is 0 Å². The van der Waals surface area contributed by atoms with Gasteiger partial charge in [-0.1, -0.05) is 0 Å². The zero-order valence-electron chi connectivity index (χ0n) is 16.7. The number of anilines is 1. The van der Waals surface area contributed by atoms with Gasteiger partial charge in [0.05, 0.1) is 35.9 Å². The van der Waals surface area contributed by atoms with E-state index in [1.54, 1.807) is 0 Å². The summed E-state index contributed by atoms with van der Waals surface area (Å²) >= 11 is 0. The van der Waals surface area contributed by atoms with Gasteiger partial charge in [-0.3, -0.25) is 4.79 Å². The Labute approximate surface area is 178 Å². The average Bonchev–Trinajstić information content (AvgIpc) is 3.39. The number of benzene rings is 1. The third kappa shape index (κ3) is 3.11. The molecule has 0 aliphatic carbocycles. The van der Waals surface area contributed by atoms with Crippen LogP contribution in [0, 0.1) is 5.82 Å². The van der Waals surface area contributed by atoms with E-state index >= 15 is 0 Å². The predicted octanol–water partition coefficient (Wildman–Crippen LogP) is 3.61. The van der Waals surface area contributed by atoms with Crippen molar-refractivity contribution >= 4 is 22.6 Å². The number of hydrogen-bond donors (Lipinski definition) is 1. The Balaban J connectivity index is 1.53. The molecule has 1 amide bonds. The number of hydrogen-bond acceptors (Lipinski definition) is 6. The maximum Gasteiger partial charge on any atom is 0.417 e. The number of aromatic nitrogens is 2. The summed E-state index contributed by atoms with van der Waals surface area (Å²) in [6, 6.07) is 2.54. The summed E-state index contributed by atoms with van der Waals surface area (Å²) in [4.78, 5) is 22.2. The molecule has 2 aromatic heterocycles. The fraction of sp³-hybridized carbons (Fsp3) is 0.286. The van der Waals surface area contributed by atoms with E-state index in [-0.39, 0.29) is 48.2 Å². The second-order valence-electron chi connectivity index (χ2n) is 7.66. The zero-order valence-corrected chi connectivity index (χ0v) is 16.7. The molecule has 166 valence electrons. The van der Waals surface area contributed by atoms with Gasteiger partial charge in [0.25, 0.3) is 5.91 Å². The van der Waals surface area contributed by atoms with E-state index in [0.29, 0.717) is 17.1 Å². The second kappa shape index (κ2) is 7.02. The highest BCUT2D eigenvalue weighted by atomic mass is 19.4. The Kier molecular flexibility index (Phi) is 4.48. The molecule has 5 rings (SSSR count). The molecule has 0 fully saturated rings. The Bertz CT molecular complexity index is 1280. The topological polar surface area (TPSA) is 90.6 Å². The third-order valence-corrected chi connectivity index (χ3v) is 5.78. The van der Waals surface area contributed by atoms with Gasteiger partial charge < -0.3 is 20.1 Å². The summed E-state index contributed by atoms with van der Waals surface area (Å²) in [6.07, 6.45) is -3.92. The van der Waals surface area contributed by atoms with E-state index in [0.717, 1.165) is 22.6 Å². The number of pyridine rings is 2. The molecule has 7 nitrogen and oxygen atoms in total. The number of nitrogen functional groups attached to an aromatic ring is 1. The van der Waals surface area contributed by atoms with Gasteiger partial charge in [-0.05, 0) is 17.7 Å². The summed E-state index contributed by atoms with van der Waals surface area (Å²) in [5.74, 6) is -1.28. The van der Waals surface area contributed by atoms with E-state index < -0.39 is 29.5 Å². The zero-order chi connectivity index (χ0) is 22.8. The molecule has 4 heterocycles. The molecule has 0 bridgehead atoms. The molecule has 11 heteroatoms. The van der Waals surface area contributed by atoms with Gasteiger partial charge in [-0.2, -0.15) is 13.2 Å². The molecule has 2 aliphatic heterocycles. The lowest BCUT2D eigenvalue weighted by Gasteiger charge is -2.24. The summed E-state index contributed by atoms with van der Waals surface area (Å²) in [5, 5.41) is 0.536. The summed E-state index contributed by atoms with van der Waals surface area (Å²) < 4.78 is 65.0. The van der Waals surface area contributed by atoms with Crippen molar-refractivity contribution in [2.75, 3.05) is 19.4 Å². The number of carbonyl (C=O) groups excluding carboxylic acids is 1. The van der Waals surface area contributed by atoms with Gasteiger partial charge in [-0.25, -0.2) is 14.4 Å². The first-order valence-electron chi connectivity index (χ1n) is 9.60. The molecule has 1 aromatic carbocycles. The molecule has 0 saturated carbocycles. The Morgan fingerprint density at radius 3 is 2.72 bits per heavy atom. The van der Waals surface area contributed by atoms with Crippen molar-refractivity contribution in [2.24, 2.45) is 0 Å². The Morgan fingerprint density at radius 2 is 1.97 bits per heavy atom. The third-order valence-electron chi connectivity index (χ3n) is 5.78. The minimum absolute atomic E-state index is 0.0104. The standard InChI is InChI=1S/C21H16F4N4O3/c1-29(17-8-32-19-12(17)2-9(5-27-19)21(23,24)25)20(30)11-3-10-13-6-31-7-14(13)18(26)28-16(10)4-15(11)22/h2-5,17H,6-8H2,1H3,(H2,26,28)/t17-/m1/s1. The number of carbonyl (C=O) groups is 1. The van der Waals surface area contributed by atoms with Crippen molar-refractivity contribution in [3.63, 3.8) is 0 Å². The quantitative estimate of drug-likeness (QED) is 0.603. The molecule has 2 N–H and O–H groups in total.